The quantitative estimate of drug-likeness (QED) is 0.715. The van der Waals surface area contributed by atoms with Gasteiger partial charge in [0.2, 0.25) is 0 Å². The summed E-state index contributed by atoms with van der Waals surface area (Å²) in [5, 5.41) is 1.05. The molecule has 1 aliphatic carbocycles. The van der Waals surface area contributed by atoms with Crippen molar-refractivity contribution in [1.29, 1.82) is 0 Å². The summed E-state index contributed by atoms with van der Waals surface area (Å²) in [6, 6.07) is 3.35. The van der Waals surface area contributed by atoms with Crippen molar-refractivity contribution >= 4 is 12.2 Å². The molecule has 0 radical (unpaired) electrons. The van der Waals surface area contributed by atoms with Crippen LogP contribution in [0.4, 0.5) is 0 Å². The van der Waals surface area contributed by atoms with E-state index in [1.54, 1.807) is 0 Å². The Morgan fingerprint density at radius 3 is 2.56 bits per heavy atom. The summed E-state index contributed by atoms with van der Waals surface area (Å²) in [6.07, 6.45) is 5.39. The van der Waals surface area contributed by atoms with Crippen molar-refractivity contribution in [2.75, 3.05) is 0 Å². The fourth-order valence-corrected chi connectivity index (χ4v) is 2.61. The van der Waals surface area contributed by atoms with Gasteiger partial charge in [-0.15, -0.1) is 0 Å². The van der Waals surface area contributed by atoms with E-state index in [0.29, 0.717) is 11.3 Å². The highest BCUT2D eigenvalue weighted by molar-refractivity contribution is 5.31. The molecular weight excluding hydrogens is 200 g/mol. The molecule has 0 saturated heterocycles. The first kappa shape index (κ1) is 11.2. The maximum Gasteiger partial charge on any atom is 0.336 e. The van der Waals surface area contributed by atoms with Gasteiger partial charge < -0.3 is 4.42 Å². The second-order valence-corrected chi connectivity index (χ2v) is 4.80. The number of hydrogen-bond acceptors (Lipinski definition) is 2. The molecule has 1 fully saturated rings. The van der Waals surface area contributed by atoms with Gasteiger partial charge in [-0.2, -0.15) is 0 Å². The SMILES string of the molecule is C/C=c1/oc(=O)cc/c1=C/C1C(C)CC1C. The summed E-state index contributed by atoms with van der Waals surface area (Å²) in [5.74, 6) is 2.10. The Balaban J connectivity index is 2.48. The van der Waals surface area contributed by atoms with Crippen LogP contribution in [0.1, 0.15) is 27.2 Å². The van der Waals surface area contributed by atoms with Crippen molar-refractivity contribution in [1.82, 2.24) is 0 Å². The minimum atomic E-state index is -0.278. The van der Waals surface area contributed by atoms with Crippen LogP contribution in [0.15, 0.2) is 21.3 Å². The molecule has 0 N–H and O–H groups in total. The van der Waals surface area contributed by atoms with E-state index in [1.165, 1.54) is 12.5 Å². The van der Waals surface area contributed by atoms with Crippen LogP contribution < -0.4 is 16.3 Å². The Bertz CT molecular complexity index is 531. The zero-order valence-electron chi connectivity index (χ0n) is 10.1. The van der Waals surface area contributed by atoms with E-state index >= 15 is 0 Å². The van der Waals surface area contributed by atoms with E-state index in [2.05, 4.69) is 19.9 Å². The van der Waals surface area contributed by atoms with Gasteiger partial charge in [-0.1, -0.05) is 19.9 Å². The largest absolute Gasteiger partial charge is 0.423 e. The van der Waals surface area contributed by atoms with Gasteiger partial charge in [-0.3, -0.25) is 0 Å². The predicted molar refractivity (Wildman–Crippen MR) is 65.3 cm³/mol. The summed E-state index contributed by atoms with van der Waals surface area (Å²) in [5.41, 5.74) is 0.416. The molecule has 0 aromatic carbocycles. The molecule has 0 aliphatic heterocycles. The summed E-state index contributed by atoms with van der Waals surface area (Å²) < 4.78 is 5.16. The van der Waals surface area contributed by atoms with Crippen LogP contribution >= 0.6 is 0 Å². The molecule has 1 aromatic heterocycles. The lowest BCUT2D eigenvalue weighted by atomic mass is 9.66. The van der Waals surface area contributed by atoms with Crippen LogP contribution in [0.25, 0.3) is 12.2 Å². The molecule has 1 aliphatic rings. The average Bonchev–Trinajstić information content (AvgIpc) is 2.27. The Labute approximate surface area is 95.3 Å². The monoisotopic (exact) mass is 218 g/mol. The van der Waals surface area contributed by atoms with Crippen LogP contribution in [0.2, 0.25) is 0 Å². The van der Waals surface area contributed by atoms with Crippen molar-refractivity contribution in [3.05, 3.63) is 33.2 Å². The van der Waals surface area contributed by atoms with Crippen LogP contribution in [-0.2, 0) is 0 Å². The van der Waals surface area contributed by atoms with Crippen LogP contribution in [0.5, 0.6) is 0 Å². The number of hydrogen-bond donors (Lipinski definition) is 0. The Morgan fingerprint density at radius 1 is 1.31 bits per heavy atom. The molecule has 1 aromatic rings. The van der Waals surface area contributed by atoms with Gasteiger partial charge in [-0.05, 0) is 43.2 Å². The zero-order valence-corrected chi connectivity index (χ0v) is 10.1. The third-order valence-corrected chi connectivity index (χ3v) is 3.59. The van der Waals surface area contributed by atoms with Gasteiger partial charge in [0, 0.05) is 11.3 Å². The molecule has 16 heavy (non-hydrogen) atoms. The summed E-state index contributed by atoms with van der Waals surface area (Å²) in [7, 11) is 0. The fourth-order valence-electron chi connectivity index (χ4n) is 2.61. The van der Waals surface area contributed by atoms with Crippen molar-refractivity contribution in [2.24, 2.45) is 17.8 Å². The standard InChI is InChI=1S/C14H18O2/c1-4-13-11(5-6-14(15)16-13)8-12-9(2)7-10(12)3/h4-6,8-10,12H,7H2,1-3H3/b11-8-,13-4+. The Morgan fingerprint density at radius 2 is 2.00 bits per heavy atom. The lowest BCUT2D eigenvalue weighted by molar-refractivity contribution is 0.162. The van der Waals surface area contributed by atoms with Crippen LogP contribution in [-0.4, -0.2) is 0 Å². The maximum absolute atomic E-state index is 11.1. The lowest BCUT2D eigenvalue weighted by Gasteiger charge is -2.39. The first-order chi connectivity index (χ1) is 7.61. The van der Waals surface area contributed by atoms with Crippen LogP contribution in [0.3, 0.4) is 0 Å². The highest BCUT2D eigenvalue weighted by Gasteiger charge is 2.32. The van der Waals surface area contributed by atoms with E-state index in [0.717, 1.165) is 17.1 Å². The Hall–Kier alpha value is -1.31. The lowest BCUT2D eigenvalue weighted by Crippen LogP contribution is -2.36. The predicted octanol–water partition coefficient (Wildman–Crippen LogP) is 1.51. The first-order valence-electron chi connectivity index (χ1n) is 5.90. The third kappa shape index (κ3) is 1.97. The smallest absolute Gasteiger partial charge is 0.336 e. The van der Waals surface area contributed by atoms with Crippen molar-refractivity contribution in [3.63, 3.8) is 0 Å². The summed E-state index contributed by atoms with van der Waals surface area (Å²) in [4.78, 5) is 11.1. The average molecular weight is 218 g/mol. The molecular formula is C14H18O2. The molecule has 0 spiro atoms. The second kappa shape index (κ2) is 4.28. The van der Waals surface area contributed by atoms with Crippen molar-refractivity contribution in [3.8, 4) is 0 Å². The third-order valence-electron chi connectivity index (χ3n) is 3.59. The molecule has 1 saturated carbocycles. The summed E-state index contributed by atoms with van der Waals surface area (Å²) >= 11 is 0. The molecule has 86 valence electrons. The van der Waals surface area contributed by atoms with Gasteiger partial charge in [0.05, 0.1) is 0 Å². The number of rotatable bonds is 1. The van der Waals surface area contributed by atoms with E-state index in [4.69, 9.17) is 4.42 Å². The minimum absolute atomic E-state index is 0.278. The minimum Gasteiger partial charge on any atom is -0.423 e. The molecule has 2 atom stereocenters. The molecule has 2 rings (SSSR count). The van der Waals surface area contributed by atoms with Gasteiger partial charge >= 0.3 is 5.63 Å². The Kier molecular flexibility index (Phi) is 2.99. The van der Waals surface area contributed by atoms with Crippen molar-refractivity contribution in [2.45, 2.75) is 27.2 Å². The van der Waals surface area contributed by atoms with Gasteiger partial charge in [-0.25, -0.2) is 4.79 Å². The molecule has 2 nitrogen and oxygen atoms in total. The zero-order chi connectivity index (χ0) is 11.7. The highest BCUT2D eigenvalue weighted by atomic mass is 16.4. The van der Waals surface area contributed by atoms with Gasteiger partial charge in [0.25, 0.3) is 0 Å². The molecule has 0 amide bonds. The van der Waals surface area contributed by atoms with Gasteiger partial charge in [0.1, 0.15) is 5.42 Å². The van der Waals surface area contributed by atoms with E-state index in [9.17, 15) is 4.79 Å². The highest BCUT2D eigenvalue weighted by Crippen LogP contribution is 2.40. The van der Waals surface area contributed by atoms with E-state index < -0.39 is 0 Å². The topological polar surface area (TPSA) is 30.2 Å². The first-order valence-corrected chi connectivity index (χ1v) is 5.90. The van der Waals surface area contributed by atoms with E-state index in [1.807, 2.05) is 19.1 Å². The summed E-state index contributed by atoms with van der Waals surface area (Å²) in [6.45, 7) is 6.44. The molecule has 1 heterocycles. The normalized spacial score (nSPS) is 31.6. The van der Waals surface area contributed by atoms with Crippen LogP contribution in [0, 0.1) is 17.8 Å². The fraction of sp³-hybridized carbons (Fsp3) is 0.500. The second-order valence-electron chi connectivity index (χ2n) is 4.80. The van der Waals surface area contributed by atoms with Crippen molar-refractivity contribution < 1.29 is 4.42 Å². The maximum atomic E-state index is 11.1. The van der Waals surface area contributed by atoms with Gasteiger partial charge in [0.15, 0.2) is 0 Å². The molecule has 0 bridgehead atoms. The van der Waals surface area contributed by atoms with E-state index in [-0.39, 0.29) is 5.63 Å². The molecule has 2 heteroatoms. The molecule has 2 unspecified atom stereocenters.